The molecule has 2 aromatic carbocycles. The molecule has 0 bridgehead atoms. The Kier molecular flexibility index (Phi) is 3.74. The zero-order chi connectivity index (χ0) is 15.9. The van der Waals surface area contributed by atoms with Crippen LogP contribution in [0.5, 0.6) is 0 Å². The molecular weight excluding hydrogens is 321 g/mol. The van der Waals surface area contributed by atoms with Crippen LogP contribution in [0.15, 0.2) is 59.5 Å². The van der Waals surface area contributed by atoms with Crippen molar-refractivity contribution in [3.63, 3.8) is 0 Å². The minimum absolute atomic E-state index is 0.179. The second kappa shape index (κ2) is 5.44. The minimum Gasteiger partial charge on any atom is -0.393 e. The predicted octanol–water partition coefficient (Wildman–Crippen LogP) is 2.67. The average Bonchev–Trinajstić information content (AvgIpc) is 3.25. The van der Waals surface area contributed by atoms with Crippen molar-refractivity contribution in [1.29, 1.82) is 0 Å². The summed E-state index contributed by atoms with van der Waals surface area (Å²) in [6.45, 7) is 0. The van der Waals surface area contributed by atoms with Gasteiger partial charge in [0.2, 0.25) is 0 Å². The van der Waals surface area contributed by atoms with Gasteiger partial charge >= 0.3 is 0 Å². The summed E-state index contributed by atoms with van der Waals surface area (Å²) >= 11 is 5.02. The van der Waals surface area contributed by atoms with E-state index in [-0.39, 0.29) is 21.6 Å². The Morgan fingerprint density at radius 2 is 1.64 bits per heavy atom. The Labute approximate surface area is 133 Å². The van der Waals surface area contributed by atoms with E-state index in [1.807, 2.05) is 0 Å². The first-order valence-corrected chi connectivity index (χ1v) is 8.72. The van der Waals surface area contributed by atoms with Crippen LogP contribution in [0, 0.1) is 11.7 Å². The van der Waals surface area contributed by atoms with Gasteiger partial charge in [-0.15, -0.1) is 0 Å². The SMILES string of the molecule is NC(=S)[C@@H]1[C@@H](c2ccc(F)cc2)[C@H]1S(=O)(=O)c1ccccc1. The van der Waals surface area contributed by atoms with E-state index in [2.05, 4.69) is 0 Å². The van der Waals surface area contributed by atoms with Crippen molar-refractivity contribution in [2.45, 2.75) is 16.1 Å². The molecule has 0 aromatic heterocycles. The van der Waals surface area contributed by atoms with E-state index < -0.39 is 21.0 Å². The molecule has 0 spiro atoms. The molecule has 3 nitrogen and oxygen atoms in total. The van der Waals surface area contributed by atoms with Crippen LogP contribution in [-0.2, 0) is 9.84 Å². The highest BCUT2D eigenvalue weighted by Crippen LogP contribution is 2.54. The monoisotopic (exact) mass is 335 g/mol. The third-order valence-corrected chi connectivity index (χ3v) is 6.47. The molecule has 22 heavy (non-hydrogen) atoms. The van der Waals surface area contributed by atoms with E-state index in [0.29, 0.717) is 0 Å². The molecule has 0 heterocycles. The molecule has 1 aliphatic carbocycles. The summed E-state index contributed by atoms with van der Waals surface area (Å²) in [5.41, 5.74) is 6.45. The van der Waals surface area contributed by atoms with Gasteiger partial charge in [0.05, 0.1) is 15.1 Å². The number of benzene rings is 2. The number of rotatable bonds is 4. The Hall–Kier alpha value is -1.79. The van der Waals surface area contributed by atoms with Gasteiger partial charge in [-0.2, -0.15) is 0 Å². The van der Waals surface area contributed by atoms with Crippen molar-refractivity contribution in [2.24, 2.45) is 11.7 Å². The molecule has 3 atom stereocenters. The molecule has 0 radical (unpaired) electrons. The van der Waals surface area contributed by atoms with E-state index in [9.17, 15) is 12.8 Å². The third-order valence-electron chi connectivity index (χ3n) is 3.97. The summed E-state index contributed by atoms with van der Waals surface area (Å²) in [6, 6.07) is 14.0. The van der Waals surface area contributed by atoms with E-state index in [0.717, 1.165) is 5.56 Å². The Morgan fingerprint density at radius 3 is 2.18 bits per heavy atom. The molecule has 0 aliphatic heterocycles. The van der Waals surface area contributed by atoms with E-state index in [1.165, 1.54) is 12.1 Å². The normalized spacial score (nSPS) is 24.0. The van der Waals surface area contributed by atoms with Gasteiger partial charge in [0.1, 0.15) is 5.82 Å². The van der Waals surface area contributed by atoms with Crippen LogP contribution in [0.4, 0.5) is 4.39 Å². The van der Waals surface area contributed by atoms with Crippen LogP contribution in [0.2, 0.25) is 0 Å². The number of nitrogens with two attached hydrogens (primary N) is 1. The lowest BCUT2D eigenvalue weighted by molar-refractivity contribution is 0.593. The van der Waals surface area contributed by atoms with Crippen LogP contribution >= 0.6 is 12.2 Å². The highest BCUT2D eigenvalue weighted by molar-refractivity contribution is 7.92. The highest BCUT2D eigenvalue weighted by Gasteiger charge is 2.60. The fraction of sp³-hybridized carbons (Fsp3) is 0.188. The lowest BCUT2D eigenvalue weighted by atomic mass is 10.1. The van der Waals surface area contributed by atoms with Crippen molar-refractivity contribution in [3.8, 4) is 0 Å². The van der Waals surface area contributed by atoms with Crippen LogP contribution in [-0.4, -0.2) is 18.7 Å². The number of hydrogen-bond donors (Lipinski definition) is 1. The summed E-state index contributed by atoms with van der Waals surface area (Å²) in [5.74, 6) is -1.09. The minimum atomic E-state index is -3.53. The first-order valence-electron chi connectivity index (χ1n) is 6.76. The summed E-state index contributed by atoms with van der Waals surface area (Å²) in [6.07, 6.45) is 0. The molecule has 0 saturated heterocycles. The largest absolute Gasteiger partial charge is 0.393 e. The van der Waals surface area contributed by atoms with Crippen LogP contribution in [0.1, 0.15) is 11.5 Å². The Morgan fingerprint density at radius 1 is 1.05 bits per heavy atom. The van der Waals surface area contributed by atoms with Gasteiger partial charge in [0.25, 0.3) is 0 Å². The van der Waals surface area contributed by atoms with Crippen LogP contribution in [0.25, 0.3) is 0 Å². The number of halogens is 1. The Bertz CT molecular complexity index is 804. The maximum atomic E-state index is 13.1. The van der Waals surface area contributed by atoms with E-state index in [4.69, 9.17) is 18.0 Å². The van der Waals surface area contributed by atoms with E-state index in [1.54, 1.807) is 42.5 Å². The van der Waals surface area contributed by atoms with Crippen molar-refractivity contribution < 1.29 is 12.8 Å². The van der Waals surface area contributed by atoms with Gasteiger partial charge in [-0.25, -0.2) is 12.8 Å². The van der Waals surface area contributed by atoms with Crippen molar-refractivity contribution in [2.75, 3.05) is 0 Å². The highest BCUT2D eigenvalue weighted by atomic mass is 32.2. The first-order chi connectivity index (χ1) is 10.4. The molecule has 114 valence electrons. The lowest BCUT2D eigenvalue weighted by Gasteiger charge is -2.04. The molecule has 2 aromatic rings. The molecule has 1 aliphatic rings. The molecule has 6 heteroatoms. The van der Waals surface area contributed by atoms with Gasteiger partial charge in [0.15, 0.2) is 9.84 Å². The average molecular weight is 335 g/mol. The van der Waals surface area contributed by atoms with Gasteiger partial charge < -0.3 is 5.73 Å². The van der Waals surface area contributed by atoms with E-state index >= 15 is 0 Å². The maximum Gasteiger partial charge on any atom is 0.182 e. The molecule has 2 N–H and O–H groups in total. The predicted molar refractivity (Wildman–Crippen MR) is 86.8 cm³/mol. The smallest absolute Gasteiger partial charge is 0.182 e. The van der Waals surface area contributed by atoms with Gasteiger partial charge in [-0.05, 0) is 29.8 Å². The summed E-state index contributed by atoms with van der Waals surface area (Å²) in [5, 5.41) is -0.683. The molecule has 3 rings (SSSR count). The van der Waals surface area contributed by atoms with Gasteiger partial charge in [-0.3, -0.25) is 0 Å². The lowest BCUT2D eigenvalue weighted by Crippen LogP contribution is -2.17. The zero-order valence-corrected chi connectivity index (χ0v) is 13.1. The molecule has 1 saturated carbocycles. The first kappa shape index (κ1) is 15.1. The van der Waals surface area contributed by atoms with Gasteiger partial charge in [0, 0.05) is 11.8 Å². The van der Waals surface area contributed by atoms with Crippen LogP contribution < -0.4 is 5.73 Å². The summed E-state index contributed by atoms with van der Waals surface area (Å²) in [4.78, 5) is 0.435. The van der Waals surface area contributed by atoms with Gasteiger partial charge in [-0.1, -0.05) is 42.5 Å². The number of hydrogen-bond acceptors (Lipinski definition) is 3. The quantitative estimate of drug-likeness (QED) is 0.873. The van der Waals surface area contributed by atoms with Crippen LogP contribution in [0.3, 0.4) is 0 Å². The zero-order valence-electron chi connectivity index (χ0n) is 11.5. The maximum absolute atomic E-state index is 13.1. The molecule has 0 amide bonds. The fourth-order valence-corrected chi connectivity index (χ4v) is 5.41. The topological polar surface area (TPSA) is 60.2 Å². The Balaban J connectivity index is 1.99. The fourth-order valence-electron chi connectivity index (χ4n) is 2.86. The molecule has 0 unspecified atom stereocenters. The molecule has 1 fully saturated rings. The second-order valence-corrected chi connectivity index (χ2v) is 7.91. The second-order valence-electron chi connectivity index (χ2n) is 5.33. The number of thiocarbonyl (C=S) groups is 1. The number of sulfone groups is 1. The molecular formula is C16H14FNO2S2. The third kappa shape index (κ3) is 2.53. The van der Waals surface area contributed by atoms with Crippen molar-refractivity contribution in [1.82, 2.24) is 0 Å². The summed E-state index contributed by atoms with van der Waals surface area (Å²) < 4.78 is 38.6. The summed E-state index contributed by atoms with van der Waals surface area (Å²) in [7, 11) is -3.53. The van der Waals surface area contributed by atoms with Crippen molar-refractivity contribution in [3.05, 3.63) is 66.0 Å². The van der Waals surface area contributed by atoms with Crippen molar-refractivity contribution >= 4 is 27.0 Å². The standard InChI is InChI=1S/C16H14FNO2S2/c17-11-8-6-10(7-9-11)13-14(16(18)21)15(13)22(19,20)12-4-2-1-3-5-12/h1-9,13-15H,(H2,18,21)/t13-,14-,15-/m1/s1.